The summed E-state index contributed by atoms with van der Waals surface area (Å²) in [6.45, 7) is 16.9. The lowest BCUT2D eigenvalue weighted by molar-refractivity contribution is -0.0670. The van der Waals surface area contributed by atoms with E-state index in [4.69, 9.17) is 0 Å². The molecular formula is C16H34N4. The quantitative estimate of drug-likeness (QED) is 0.634. The topological polar surface area (TPSA) is 30.9 Å². The Balaban J connectivity index is 2.63. The molecule has 0 aromatic carbocycles. The molecule has 0 bridgehead atoms. The van der Waals surface area contributed by atoms with Crippen LogP contribution in [0.3, 0.4) is 0 Å². The molecule has 0 radical (unpaired) electrons. The van der Waals surface area contributed by atoms with Crippen LogP contribution in [-0.4, -0.2) is 62.1 Å². The molecule has 1 N–H and O–H groups in total. The maximum absolute atomic E-state index is 4.47. The van der Waals surface area contributed by atoms with Gasteiger partial charge >= 0.3 is 0 Å². The van der Waals surface area contributed by atoms with Crippen LogP contribution in [0.2, 0.25) is 0 Å². The van der Waals surface area contributed by atoms with E-state index in [1.807, 2.05) is 7.05 Å². The van der Waals surface area contributed by atoms with Crippen LogP contribution < -0.4 is 5.32 Å². The van der Waals surface area contributed by atoms with E-state index in [0.717, 1.165) is 25.6 Å². The van der Waals surface area contributed by atoms with Gasteiger partial charge < -0.3 is 15.1 Å². The monoisotopic (exact) mass is 282 g/mol. The fraction of sp³-hybridized carbons (Fsp3) is 0.938. The Bertz CT molecular complexity index is 367. The summed E-state index contributed by atoms with van der Waals surface area (Å²) in [5.74, 6) is 1.03. The molecule has 1 fully saturated rings. The Labute approximate surface area is 125 Å². The van der Waals surface area contributed by atoms with Crippen molar-refractivity contribution in [3.8, 4) is 0 Å². The summed E-state index contributed by atoms with van der Waals surface area (Å²) < 4.78 is 0. The summed E-state index contributed by atoms with van der Waals surface area (Å²) in [7, 11) is 6.12. The minimum absolute atomic E-state index is 0.153. The zero-order valence-electron chi connectivity index (χ0n) is 15.0. The Morgan fingerprint density at radius 3 is 2.15 bits per heavy atom. The van der Waals surface area contributed by atoms with E-state index in [9.17, 15) is 0 Å². The fourth-order valence-corrected chi connectivity index (χ4v) is 2.93. The first kappa shape index (κ1) is 17.3. The van der Waals surface area contributed by atoms with Crippen LogP contribution in [0.25, 0.3) is 0 Å². The van der Waals surface area contributed by atoms with E-state index in [-0.39, 0.29) is 11.0 Å². The van der Waals surface area contributed by atoms with Crippen molar-refractivity contribution in [1.82, 2.24) is 15.1 Å². The second-order valence-corrected chi connectivity index (χ2v) is 8.33. The molecule has 118 valence electrons. The third kappa shape index (κ3) is 3.46. The maximum atomic E-state index is 4.47. The van der Waals surface area contributed by atoms with Crippen molar-refractivity contribution in [3.05, 3.63) is 0 Å². The van der Waals surface area contributed by atoms with Gasteiger partial charge in [-0.25, -0.2) is 0 Å². The van der Waals surface area contributed by atoms with E-state index in [2.05, 4.69) is 75.7 Å². The number of aliphatic imine (C=N–C) groups is 1. The molecule has 1 heterocycles. The molecule has 0 aromatic rings. The molecule has 20 heavy (non-hydrogen) atoms. The predicted octanol–water partition coefficient (Wildman–Crippen LogP) is 2.27. The first-order valence-electron chi connectivity index (χ1n) is 7.56. The Kier molecular flexibility index (Phi) is 4.79. The van der Waals surface area contributed by atoms with E-state index < -0.39 is 0 Å². The van der Waals surface area contributed by atoms with Gasteiger partial charge in [0.25, 0.3) is 0 Å². The first-order chi connectivity index (χ1) is 8.93. The van der Waals surface area contributed by atoms with Gasteiger partial charge in [0.2, 0.25) is 0 Å². The number of nitrogens with one attached hydrogen (secondary N) is 1. The van der Waals surface area contributed by atoms with Crippen molar-refractivity contribution >= 4 is 5.96 Å². The zero-order valence-corrected chi connectivity index (χ0v) is 15.0. The fourth-order valence-electron chi connectivity index (χ4n) is 2.93. The standard InChI is InChI=1S/C16H34N4/c1-14(2,11-19(8)9)10-18-13(17-7)20-12-15(3,4)16(20,5)6/h10-12H2,1-9H3,(H,17,18). The van der Waals surface area contributed by atoms with E-state index in [0.29, 0.717) is 5.41 Å². The molecule has 1 aliphatic rings. The van der Waals surface area contributed by atoms with Crippen molar-refractivity contribution in [1.29, 1.82) is 0 Å². The van der Waals surface area contributed by atoms with Gasteiger partial charge in [-0.05, 0) is 33.4 Å². The highest BCUT2D eigenvalue weighted by Gasteiger charge is 2.53. The summed E-state index contributed by atoms with van der Waals surface area (Å²) in [5.41, 5.74) is 0.717. The largest absolute Gasteiger partial charge is 0.356 e. The summed E-state index contributed by atoms with van der Waals surface area (Å²) in [6, 6.07) is 0. The average molecular weight is 282 g/mol. The van der Waals surface area contributed by atoms with Gasteiger partial charge in [-0.1, -0.05) is 27.7 Å². The number of likely N-dealkylation sites (tertiary alicyclic amines) is 1. The molecule has 0 unspecified atom stereocenters. The average Bonchev–Trinajstić information content (AvgIpc) is 2.26. The molecule has 4 nitrogen and oxygen atoms in total. The highest BCUT2D eigenvalue weighted by atomic mass is 15.4. The van der Waals surface area contributed by atoms with E-state index in [1.54, 1.807) is 0 Å². The van der Waals surface area contributed by atoms with Gasteiger partial charge in [-0.15, -0.1) is 0 Å². The smallest absolute Gasteiger partial charge is 0.194 e. The van der Waals surface area contributed by atoms with Gasteiger partial charge in [0.1, 0.15) is 0 Å². The lowest BCUT2D eigenvalue weighted by atomic mass is 9.65. The molecule has 0 aromatic heterocycles. The summed E-state index contributed by atoms with van der Waals surface area (Å²) in [6.07, 6.45) is 0. The molecule has 1 saturated heterocycles. The van der Waals surface area contributed by atoms with Crippen molar-refractivity contribution in [3.63, 3.8) is 0 Å². The third-order valence-electron chi connectivity index (χ3n) is 4.82. The van der Waals surface area contributed by atoms with Crippen molar-refractivity contribution in [2.75, 3.05) is 40.8 Å². The minimum Gasteiger partial charge on any atom is -0.356 e. The predicted molar refractivity (Wildman–Crippen MR) is 88.3 cm³/mol. The molecular weight excluding hydrogens is 248 g/mol. The number of hydrogen-bond donors (Lipinski definition) is 1. The normalized spacial score (nSPS) is 21.9. The number of guanidine groups is 1. The van der Waals surface area contributed by atoms with Gasteiger partial charge in [-0.2, -0.15) is 0 Å². The van der Waals surface area contributed by atoms with E-state index in [1.165, 1.54) is 0 Å². The van der Waals surface area contributed by atoms with Crippen LogP contribution in [0.1, 0.15) is 41.5 Å². The lowest BCUT2D eigenvalue weighted by Gasteiger charge is -2.62. The highest BCUT2D eigenvalue weighted by molar-refractivity contribution is 5.82. The number of rotatable bonds is 4. The Hall–Kier alpha value is -0.770. The molecule has 0 amide bonds. The van der Waals surface area contributed by atoms with Crippen molar-refractivity contribution in [2.24, 2.45) is 15.8 Å². The van der Waals surface area contributed by atoms with Crippen molar-refractivity contribution < 1.29 is 0 Å². The summed E-state index contributed by atoms with van der Waals surface area (Å²) in [5, 5.41) is 3.56. The van der Waals surface area contributed by atoms with Crippen molar-refractivity contribution in [2.45, 2.75) is 47.1 Å². The lowest BCUT2D eigenvalue weighted by Crippen LogP contribution is -2.72. The summed E-state index contributed by atoms with van der Waals surface area (Å²) >= 11 is 0. The van der Waals surface area contributed by atoms with Gasteiger partial charge in [-0.3, -0.25) is 4.99 Å². The van der Waals surface area contributed by atoms with Gasteiger partial charge in [0.05, 0.1) is 0 Å². The van der Waals surface area contributed by atoms with Crippen LogP contribution >= 0.6 is 0 Å². The van der Waals surface area contributed by atoms with Gasteiger partial charge in [0, 0.05) is 37.6 Å². The zero-order chi connectivity index (χ0) is 15.8. The Morgan fingerprint density at radius 1 is 1.25 bits per heavy atom. The molecule has 0 aliphatic carbocycles. The maximum Gasteiger partial charge on any atom is 0.194 e. The van der Waals surface area contributed by atoms with Crippen LogP contribution in [0.5, 0.6) is 0 Å². The van der Waals surface area contributed by atoms with Gasteiger partial charge in [0.15, 0.2) is 5.96 Å². The molecule has 1 aliphatic heterocycles. The second-order valence-electron chi connectivity index (χ2n) is 8.33. The molecule has 0 spiro atoms. The summed E-state index contributed by atoms with van der Waals surface area (Å²) in [4.78, 5) is 9.10. The molecule has 0 atom stereocenters. The highest BCUT2D eigenvalue weighted by Crippen LogP contribution is 2.46. The third-order valence-corrected chi connectivity index (χ3v) is 4.82. The van der Waals surface area contributed by atoms with Crippen LogP contribution in [0.4, 0.5) is 0 Å². The second kappa shape index (κ2) is 5.55. The molecule has 0 saturated carbocycles. The van der Waals surface area contributed by atoms with E-state index >= 15 is 0 Å². The first-order valence-corrected chi connectivity index (χ1v) is 7.56. The number of hydrogen-bond acceptors (Lipinski definition) is 2. The van der Waals surface area contributed by atoms with Crippen LogP contribution in [0.15, 0.2) is 4.99 Å². The molecule has 4 heteroatoms. The minimum atomic E-state index is 0.153. The number of nitrogens with zero attached hydrogens (tertiary/aromatic N) is 3. The van der Waals surface area contributed by atoms with Crippen LogP contribution in [0, 0.1) is 10.8 Å². The van der Waals surface area contributed by atoms with Crippen LogP contribution in [-0.2, 0) is 0 Å². The SMILES string of the molecule is CN=C(NCC(C)(C)CN(C)C)N1CC(C)(C)C1(C)C. The Morgan fingerprint density at radius 2 is 1.80 bits per heavy atom. The molecule has 1 rings (SSSR count).